The molecule has 10 heteroatoms. The number of hydrazone groups is 1. The Balaban J connectivity index is 2.16. The molecule has 0 saturated carbocycles. The van der Waals surface area contributed by atoms with Crippen molar-refractivity contribution < 1.29 is 10.0 Å². The van der Waals surface area contributed by atoms with E-state index in [1.807, 2.05) is 6.92 Å². The van der Waals surface area contributed by atoms with E-state index in [1.165, 1.54) is 29.1 Å². The number of aryl methyl sites for hydroxylation is 1. The molecule has 1 aromatic heterocycles. The fourth-order valence-corrected chi connectivity index (χ4v) is 1.56. The van der Waals surface area contributed by atoms with Crippen molar-refractivity contribution in [2.45, 2.75) is 13.3 Å². The topological polar surface area (TPSA) is 144 Å². The van der Waals surface area contributed by atoms with Gasteiger partial charge in [-0.3, -0.25) is 10.1 Å². The zero-order chi connectivity index (χ0) is 15.4. The Morgan fingerprint density at radius 2 is 2.33 bits per heavy atom. The molecule has 0 aliphatic heterocycles. The number of nitrogens with one attached hydrogen (secondary N) is 1. The van der Waals surface area contributed by atoms with Gasteiger partial charge in [0.05, 0.1) is 11.1 Å². The smallest absolute Gasteiger partial charge is 0.270 e. The van der Waals surface area contributed by atoms with Crippen LogP contribution in [-0.4, -0.2) is 31.1 Å². The lowest BCUT2D eigenvalue weighted by molar-refractivity contribution is -0.384. The average Bonchev–Trinajstić information content (AvgIpc) is 2.81. The van der Waals surface area contributed by atoms with Crippen molar-refractivity contribution in [2.24, 2.45) is 5.10 Å². The first-order valence-corrected chi connectivity index (χ1v) is 5.98. The maximum absolute atomic E-state index is 10.7. The number of hydrogen-bond donors (Lipinski definition) is 3. The van der Waals surface area contributed by atoms with Crippen molar-refractivity contribution >= 4 is 17.9 Å². The van der Waals surface area contributed by atoms with Crippen LogP contribution in [0.25, 0.3) is 0 Å². The summed E-state index contributed by atoms with van der Waals surface area (Å²) < 4.78 is 1.24. The molecule has 10 nitrogen and oxygen atoms in total. The molecule has 0 atom stereocenters. The predicted octanol–water partition coefficient (Wildman–Crippen LogP) is 0.614. The van der Waals surface area contributed by atoms with Gasteiger partial charge < -0.3 is 10.9 Å². The van der Waals surface area contributed by atoms with Crippen LogP contribution < -0.4 is 11.3 Å². The van der Waals surface area contributed by atoms with E-state index in [-0.39, 0.29) is 22.9 Å². The van der Waals surface area contributed by atoms with Crippen LogP contribution in [0.2, 0.25) is 0 Å². The number of nitro groups is 1. The number of benzene rings is 1. The predicted molar refractivity (Wildman–Crippen MR) is 75.5 cm³/mol. The van der Waals surface area contributed by atoms with Crippen LogP contribution in [0.3, 0.4) is 0 Å². The van der Waals surface area contributed by atoms with Crippen LogP contribution in [0.15, 0.2) is 23.3 Å². The van der Waals surface area contributed by atoms with Gasteiger partial charge in [-0.25, -0.2) is 10.1 Å². The summed E-state index contributed by atoms with van der Waals surface area (Å²) in [7, 11) is 0. The summed E-state index contributed by atoms with van der Waals surface area (Å²) >= 11 is 0. The molecule has 0 amide bonds. The lowest BCUT2D eigenvalue weighted by Gasteiger charge is -2.01. The number of rotatable bonds is 5. The average molecular weight is 291 g/mol. The minimum atomic E-state index is -0.561. The highest BCUT2D eigenvalue weighted by molar-refractivity contribution is 5.84. The van der Waals surface area contributed by atoms with Crippen LogP contribution >= 0.6 is 0 Å². The molecule has 2 rings (SSSR count). The Morgan fingerprint density at radius 3 is 2.95 bits per heavy atom. The van der Waals surface area contributed by atoms with Crippen LogP contribution in [0.5, 0.6) is 5.75 Å². The summed E-state index contributed by atoms with van der Waals surface area (Å²) in [6, 6.07) is 3.62. The van der Waals surface area contributed by atoms with E-state index in [9.17, 15) is 15.2 Å². The number of hydrogen-bond acceptors (Lipinski definition) is 8. The third-order valence-corrected chi connectivity index (χ3v) is 2.67. The van der Waals surface area contributed by atoms with Gasteiger partial charge in [0.1, 0.15) is 5.75 Å². The second kappa shape index (κ2) is 5.86. The SMILES string of the molecule is CCc1nnc(NN=Cc2cc([N+](=O)[O-])ccc2O)n1N. The number of nitrogen functional groups attached to an aromatic ring is 1. The van der Waals surface area contributed by atoms with E-state index in [2.05, 4.69) is 20.7 Å². The highest BCUT2D eigenvalue weighted by atomic mass is 16.6. The van der Waals surface area contributed by atoms with Gasteiger partial charge in [0, 0.05) is 24.1 Å². The van der Waals surface area contributed by atoms with E-state index >= 15 is 0 Å². The monoisotopic (exact) mass is 291 g/mol. The van der Waals surface area contributed by atoms with Gasteiger partial charge in [-0.2, -0.15) is 5.10 Å². The maximum atomic E-state index is 10.7. The number of phenols is 1. The Hall–Kier alpha value is -3.17. The molecule has 1 aromatic carbocycles. The molecule has 0 aliphatic carbocycles. The van der Waals surface area contributed by atoms with E-state index < -0.39 is 4.92 Å². The molecule has 2 aromatic rings. The van der Waals surface area contributed by atoms with Crippen molar-refractivity contribution in [3.63, 3.8) is 0 Å². The Bertz CT molecular complexity index is 695. The summed E-state index contributed by atoms with van der Waals surface area (Å²) in [6.45, 7) is 1.88. The third kappa shape index (κ3) is 3.05. The summed E-state index contributed by atoms with van der Waals surface area (Å²) in [5, 5.41) is 31.7. The number of aromatic hydroxyl groups is 1. The van der Waals surface area contributed by atoms with E-state index in [1.54, 1.807) is 0 Å². The van der Waals surface area contributed by atoms with Crippen molar-refractivity contribution in [1.29, 1.82) is 0 Å². The normalized spacial score (nSPS) is 10.9. The lowest BCUT2D eigenvalue weighted by Crippen LogP contribution is -2.14. The highest BCUT2D eigenvalue weighted by Gasteiger charge is 2.09. The third-order valence-electron chi connectivity index (χ3n) is 2.67. The molecule has 0 radical (unpaired) electrons. The van der Waals surface area contributed by atoms with E-state index in [0.717, 1.165) is 0 Å². The van der Waals surface area contributed by atoms with Crippen molar-refractivity contribution in [1.82, 2.24) is 14.9 Å². The maximum Gasteiger partial charge on any atom is 0.270 e. The molecule has 0 spiro atoms. The van der Waals surface area contributed by atoms with Crippen molar-refractivity contribution in [3.05, 3.63) is 39.7 Å². The van der Waals surface area contributed by atoms with Crippen molar-refractivity contribution in [2.75, 3.05) is 11.3 Å². The highest BCUT2D eigenvalue weighted by Crippen LogP contribution is 2.21. The van der Waals surface area contributed by atoms with Gasteiger partial charge in [-0.15, -0.1) is 10.2 Å². The number of non-ortho nitro benzene ring substituents is 1. The molecule has 4 N–H and O–H groups in total. The minimum Gasteiger partial charge on any atom is -0.507 e. The zero-order valence-corrected chi connectivity index (χ0v) is 11.1. The number of nitrogens with two attached hydrogens (primary N) is 1. The first kappa shape index (κ1) is 14.2. The fourth-order valence-electron chi connectivity index (χ4n) is 1.56. The molecule has 1 heterocycles. The van der Waals surface area contributed by atoms with Gasteiger partial charge in [0.2, 0.25) is 0 Å². The number of anilines is 1. The standard InChI is InChI=1S/C11H13N7O3/c1-2-10-14-16-11(17(10)12)15-13-6-7-5-8(18(20)21)3-4-9(7)19/h3-6,19H,2,12H2,1H3,(H,15,16). The molecule has 21 heavy (non-hydrogen) atoms. The molecule has 0 bridgehead atoms. The number of nitro benzene ring substituents is 1. The summed E-state index contributed by atoms with van der Waals surface area (Å²) in [4.78, 5) is 10.1. The number of aromatic nitrogens is 3. The minimum absolute atomic E-state index is 0.130. The number of nitrogens with zero attached hydrogens (tertiary/aromatic N) is 5. The van der Waals surface area contributed by atoms with E-state index in [0.29, 0.717) is 12.2 Å². The molecule has 0 aliphatic rings. The Labute approximate surface area is 119 Å². The summed E-state index contributed by atoms with van der Waals surface area (Å²) in [6.07, 6.45) is 1.84. The molecule has 0 fully saturated rings. The largest absolute Gasteiger partial charge is 0.507 e. The van der Waals surface area contributed by atoms with Gasteiger partial charge in [0.25, 0.3) is 11.6 Å². The number of phenolic OH excluding ortho intramolecular Hbond substituents is 1. The molecule has 0 saturated heterocycles. The van der Waals surface area contributed by atoms with Gasteiger partial charge in [-0.1, -0.05) is 6.92 Å². The Kier molecular flexibility index (Phi) is 3.97. The Morgan fingerprint density at radius 1 is 1.57 bits per heavy atom. The van der Waals surface area contributed by atoms with Gasteiger partial charge in [-0.05, 0) is 6.07 Å². The van der Waals surface area contributed by atoms with Crippen LogP contribution in [0.4, 0.5) is 11.6 Å². The lowest BCUT2D eigenvalue weighted by atomic mass is 10.2. The van der Waals surface area contributed by atoms with Crippen molar-refractivity contribution in [3.8, 4) is 5.75 Å². The quantitative estimate of drug-likeness (QED) is 0.317. The second-order valence-corrected chi connectivity index (χ2v) is 4.03. The fraction of sp³-hybridized carbons (Fsp3) is 0.182. The summed E-state index contributed by atoms with van der Waals surface area (Å²) in [5.74, 6) is 6.36. The van der Waals surface area contributed by atoms with Crippen LogP contribution in [-0.2, 0) is 6.42 Å². The molecular formula is C11H13N7O3. The van der Waals surface area contributed by atoms with Crippen LogP contribution in [0, 0.1) is 10.1 Å². The first-order chi connectivity index (χ1) is 10.0. The van der Waals surface area contributed by atoms with Gasteiger partial charge >= 0.3 is 0 Å². The second-order valence-electron chi connectivity index (χ2n) is 4.03. The first-order valence-electron chi connectivity index (χ1n) is 5.98. The molecule has 0 unspecified atom stereocenters. The van der Waals surface area contributed by atoms with Gasteiger partial charge in [0.15, 0.2) is 5.82 Å². The van der Waals surface area contributed by atoms with Crippen LogP contribution in [0.1, 0.15) is 18.3 Å². The molecule has 110 valence electrons. The van der Waals surface area contributed by atoms with E-state index in [4.69, 9.17) is 5.84 Å². The summed E-state index contributed by atoms with van der Waals surface area (Å²) in [5.41, 5.74) is 2.59. The zero-order valence-electron chi connectivity index (χ0n) is 11.1. The molecular weight excluding hydrogens is 278 g/mol.